The van der Waals surface area contributed by atoms with Crippen molar-refractivity contribution in [2.24, 2.45) is 0 Å². The molecule has 2 nitrogen and oxygen atoms in total. The highest BCUT2D eigenvalue weighted by Crippen LogP contribution is 2.63. The van der Waals surface area contributed by atoms with E-state index in [0.717, 1.165) is 39.0 Å². The van der Waals surface area contributed by atoms with Crippen molar-refractivity contribution in [1.82, 2.24) is 0 Å². The summed E-state index contributed by atoms with van der Waals surface area (Å²) in [7, 11) is 0. The van der Waals surface area contributed by atoms with Crippen LogP contribution in [0.25, 0.3) is 77.2 Å². The molecule has 0 saturated heterocycles. The molecule has 14 rings (SSSR count). The van der Waals surface area contributed by atoms with Gasteiger partial charge in [0.15, 0.2) is 0 Å². The van der Waals surface area contributed by atoms with Gasteiger partial charge in [-0.05, 0) is 137 Å². The molecule has 0 saturated carbocycles. The van der Waals surface area contributed by atoms with Crippen LogP contribution in [0.3, 0.4) is 0 Å². The van der Waals surface area contributed by atoms with Crippen LogP contribution in [-0.4, -0.2) is 0 Å². The molecule has 0 aliphatic heterocycles. The van der Waals surface area contributed by atoms with E-state index in [-0.39, 0.29) is 5.41 Å². The largest absolute Gasteiger partial charge is 0.456 e. The SMILES string of the molecule is CC1(C)c2ccccc2-c2ccc(N(c3ccc4c(c3)C3(c5ccccc5-c5ccccc53)c3ccccc3-4)c3ccc4oc5cc(-c6ccccc6)c6ccccc6c5c4c3)cc21. The molecule has 1 heterocycles. The Kier molecular flexibility index (Phi) is 7.13. The molecule has 0 amide bonds. The third kappa shape index (κ3) is 4.59. The number of furan rings is 1. The topological polar surface area (TPSA) is 16.4 Å². The maximum absolute atomic E-state index is 6.80. The van der Waals surface area contributed by atoms with E-state index in [1.54, 1.807) is 0 Å². The first-order valence-corrected chi connectivity index (χ1v) is 22.4. The second-order valence-corrected chi connectivity index (χ2v) is 18.3. The molecule has 11 aromatic rings. The summed E-state index contributed by atoms with van der Waals surface area (Å²) in [6.45, 7) is 4.74. The first-order chi connectivity index (χ1) is 31.5. The van der Waals surface area contributed by atoms with Crippen molar-refractivity contribution in [2.45, 2.75) is 24.7 Å². The lowest BCUT2D eigenvalue weighted by atomic mass is 9.70. The van der Waals surface area contributed by atoms with Crippen LogP contribution in [0.4, 0.5) is 17.1 Å². The summed E-state index contributed by atoms with van der Waals surface area (Å²) >= 11 is 0. The second-order valence-electron chi connectivity index (χ2n) is 18.3. The van der Waals surface area contributed by atoms with Crippen LogP contribution in [0.1, 0.15) is 47.2 Å². The Bertz CT molecular complexity index is 3710. The minimum absolute atomic E-state index is 0.158. The van der Waals surface area contributed by atoms with Gasteiger partial charge in [-0.2, -0.15) is 0 Å². The highest BCUT2D eigenvalue weighted by molar-refractivity contribution is 6.22. The van der Waals surface area contributed by atoms with Crippen LogP contribution in [0, 0.1) is 0 Å². The summed E-state index contributed by atoms with van der Waals surface area (Å²) in [5, 5.41) is 4.65. The standard InChI is InChI=1S/C62H41NO/c1-61(2)52-24-12-8-19-43(52)47-31-28-40(35-56(47)61)63(39-30-33-58-51(34-39)60-49-23-7-6-18-42(49)50(37-59(60)64-58)38-16-4-3-5-17-38)41-29-32-48-46-22-11-15-27-55(46)62(57(48)36-41)53-25-13-9-20-44(53)45-21-10-14-26-54(45)62/h3-37H,1-2H3. The van der Waals surface area contributed by atoms with Gasteiger partial charge in [0, 0.05) is 33.2 Å². The number of hydrogen-bond donors (Lipinski definition) is 0. The zero-order valence-electron chi connectivity index (χ0n) is 35.6. The molecule has 2 heteroatoms. The van der Waals surface area contributed by atoms with Crippen molar-refractivity contribution >= 4 is 49.8 Å². The van der Waals surface area contributed by atoms with Gasteiger partial charge in [0.2, 0.25) is 0 Å². The minimum Gasteiger partial charge on any atom is -0.456 e. The molecule has 0 fully saturated rings. The third-order valence-electron chi connectivity index (χ3n) is 14.9. The van der Waals surface area contributed by atoms with Crippen LogP contribution in [-0.2, 0) is 10.8 Å². The average Bonchev–Trinajstić information content (AvgIpc) is 4.03. The van der Waals surface area contributed by atoms with Gasteiger partial charge in [-0.15, -0.1) is 0 Å². The molecular weight excluding hydrogens is 775 g/mol. The maximum atomic E-state index is 6.80. The third-order valence-corrected chi connectivity index (χ3v) is 14.9. The van der Waals surface area contributed by atoms with E-state index < -0.39 is 5.41 Å². The lowest BCUT2D eigenvalue weighted by Crippen LogP contribution is -2.26. The molecule has 64 heavy (non-hydrogen) atoms. The number of nitrogens with zero attached hydrogens (tertiary/aromatic N) is 1. The molecule has 0 bridgehead atoms. The van der Waals surface area contributed by atoms with Gasteiger partial charge in [-0.1, -0.05) is 178 Å². The Hall–Kier alpha value is -7.94. The zero-order chi connectivity index (χ0) is 42.3. The van der Waals surface area contributed by atoms with Crippen LogP contribution < -0.4 is 4.90 Å². The molecule has 3 aliphatic carbocycles. The van der Waals surface area contributed by atoms with E-state index >= 15 is 0 Å². The molecular formula is C62H41NO. The van der Waals surface area contributed by atoms with E-state index in [4.69, 9.17) is 4.42 Å². The highest BCUT2D eigenvalue weighted by atomic mass is 16.3. The number of rotatable bonds is 4. The average molecular weight is 816 g/mol. The lowest BCUT2D eigenvalue weighted by molar-refractivity contribution is 0.660. The van der Waals surface area contributed by atoms with E-state index in [0.29, 0.717) is 0 Å². The predicted molar refractivity (Wildman–Crippen MR) is 265 cm³/mol. The Morgan fingerprint density at radius 2 is 0.797 bits per heavy atom. The van der Waals surface area contributed by atoms with Gasteiger partial charge in [0.1, 0.15) is 11.2 Å². The summed E-state index contributed by atoms with van der Waals surface area (Å²) in [6, 6.07) is 78.9. The summed E-state index contributed by atoms with van der Waals surface area (Å²) in [4.78, 5) is 2.49. The first kappa shape index (κ1) is 35.6. The fourth-order valence-corrected chi connectivity index (χ4v) is 12.1. The number of benzene rings is 10. The molecule has 1 spiro atoms. The molecule has 0 unspecified atom stereocenters. The van der Waals surface area contributed by atoms with Crippen LogP contribution in [0.2, 0.25) is 0 Å². The van der Waals surface area contributed by atoms with Crippen LogP contribution in [0.5, 0.6) is 0 Å². The molecule has 3 aliphatic rings. The van der Waals surface area contributed by atoms with Crippen LogP contribution in [0.15, 0.2) is 217 Å². The predicted octanol–water partition coefficient (Wildman–Crippen LogP) is 16.5. The van der Waals surface area contributed by atoms with E-state index in [9.17, 15) is 0 Å². The van der Waals surface area contributed by atoms with Gasteiger partial charge in [-0.25, -0.2) is 0 Å². The van der Waals surface area contributed by atoms with Crippen molar-refractivity contribution in [3.05, 3.63) is 246 Å². The Morgan fingerprint density at radius 3 is 1.44 bits per heavy atom. The smallest absolute Gasteiger partial charge is 0.136 e. The Balaban J connectivity index is 1.04. The zero-order valence-corrected chi connectivity index (χ0v) is 35.6. The molecule has 300 valence electrons. The Labute approximate surface area is 372 Å². The van der Waals surface area contributed by atoms with Gasteiger partial charge >= 0.3 is 0 Å². The summed E-state index contributed by atoms with van der Waals surface area (Å²) < 4.78 is 6.80. The fraction of sp³-hybridized carbons (Fsp3) is 0.0645. The fourth-order valence-electron chi connectivity index (χ4n) is 12.1. The summed E-state index contributed by atoms with van der Waals surface area (Å²) in [6.07, 6.45) is 0. The van der Waals surface area contributed by atoms with Crippen molar-refractivity contribution in [3.63, 3.8) is 0 Å². The quantitative estimate of drug-likeness (QED) is 0.176. The molecule has 1 aromatic heterocycles. The van der Waals surface area contributed by atoms with Gasteiger partial charge in [0.05, 0.1) is 5.41 Å². The molecule has 10 aromatic carbocycles. The van der Waals surface area contributed by atoms with Crippen molar-refractivity contribution < 1.29 is 4.42 Å². The maximum Gasteiger partial charge on any atom is 0.136 e. The second kappa shape index (κ2) is 12.8. The van der Waals surface area contributed by atoms with Crippen molar-refractivity contribution in [1.29, 1.82) is 0 Å². The minimum atomic E-state index is -0.456. The van der Waals surface area contributed by atoms with Crippen LogP contribution >= 0.6 is 0 Å². The number of fused-ring (bicyclic) bond motifs is 18. The van der Waals surface area contributed by atoms with Crippen molar-refractivity contribution in [2.75, 3.05) is 4.90 Å². The van der Waals surface area contributed by atoms with Gasteiger partial charge in [0.25, 0.3) is 0 Å². The van der Waals surface area contributed by atoms with E-state index in [1.807, 2.05) is 0 Å². The summed E-state index contributed by atoms with van der Waals surface area (Å²) in [5.41, 5.74) is 22.7. The lowest BCUT2D eigenvalue weighted by Gasteiger charge is -2.32. The normalized spacial score (nSPS) is 14.3. The molecule has 0 N–H and O–H groups in total. The summed E-state index contributed by atoms with van der Waals surface area (Å²) in [5.74, 6) is 0. The van der Waals surface area contributed by atoms with Gasteiger partial charge < -0.3 is 9.32 Å². The van der Waals surface area contributed by atoms with E-state index in [1.165, 1.54) is 88.7 Å². The van der Waals surface area contributed by atoms with E-state index in [2.05, 4.69) is 231 Å². The molecule has 0 atom stereocenters. The Morgan fingerprint density at radius 1 is 0.328 bits per heavy atom. The monoisotopic (exact) mass is 815 g/mol. The molecule has 0 radical (unpaired) electrons. The first-order valence-electron chi connectivity index (χ1n) is 22.4. The highest BCUT2D eigenvalue weighted by Gasteiger charge is 2.51. The van der Waals surface area contributed by atoms with Crippen molar-refractivity contribution in [3.8, 4) is 44.5 Å². The number of hydrogen-bond acceptors (Lipinski definition) is 2. The number of anilines is 3. The van der Waals surface area contributed by atoms with Gasteiger partial charge in [-0.3, -0.25) is 0 Å².